The molecule has 0 aliphatic heterocycles. The normalized spacial score (nSPS) is 15.6. The molecule has 0 saturated heterocycles. The maximum Gasteiger partial charge on any atom is 0.242 e. The van der Waals surface area contributed by atoms with E-state index < -0.39 is 5.38 Å². The molecule has 0 bridgehead atoms. The summed E-state index contributed by atoms with van der Waals surface area (Å²) in [5.41, 5.74) is 0.767. The van der Waals surface area contributed by atoms with E-state index >= 15 is 0 Å². The van der Waals surface area contributed by atoms with Gasteiger partial charge < -0.3 is 10.6 Å². The zero-order valence-corrected chi connectivity index (χ0v) is 11.3. The number of nitrogens with one attached hydrogen (secondary N) is 2. The van der Waals surface area contributed by atoms with Gasteiger partial charge in [-0.25, -0.2) is 0 Å². The number of carbonyl (C=O) groups is 2. The maximum atomic E-state index is 11.8. The average molecular weight is 281 g/mol. The summed E-state index contributed by atoms with van der Waals surface area (Å²) in [5, 5.41) is 4.80. The Kier molecular flexibility index (Phi) is 4.80. The molecule has 19 heavy (non-hydrogen) atoms. The first-order valence-electron chi connectivity index (χ1n) is 6.43. The lowest BCUT2D eigenvalue weighted by molar-refractivity contribution is -0.123. The third kappa shape index (κ3) is 4.24. The van der Waals surface area contributed by atoms with Crippen LogP contribution in [0.3, 0.4) is 0 Å². The standard InChI is InChI=1S/C14H17ClN2O2/c15-12(10-4-2-1-3-5-10)14(19)17-9-8-16-13(18)11-6-7-11/h1-5,11-12H,6-9H2,(H,16,18)(H,17,19). The molecule has 2 amide bonds. The van der Waals surface area contributed by atoms with Crippen LogP contribution in [0.1, 0.15) is 23.8 Å². The van der Waals surface area contributed by atoms with Crippen molar-refractivity contribution < 1.29 is 9.59 Å². The fraction of sp³-hybridized carbons (Fsp3) is 0.429. The van der Waals surface area contributed by atoms with Crippen LogP contribution in [0.5, 0.6) is 0 Å². The summed E-state index contributed by atoms with van der Waals surface area (Å²) in [6.45, 7) is 0.840. The van der Waals surface area contributed by atoms with E-state index in [4.69, 9.17) is 11.6 Å². The van der Waals surface area contributed by atoms with Crippen molar-refractivity contribution in [3.8, 4) is 0 Å². The minimum absolute atomic E-state index is 0.0831. The molecule has 1 saturated carbocycles. The molecule has 5 heteroatoms. The zero-order valence-electron chi connectivity index (χ0n) is 10.6. The van der Waals surface area contributed by atoms with Crippen molar-refractivity contribution in [2.24, 2.45) is 5.92 Å². The second-order valence-electron chi connectivity index (χ2n) is 4.63. The average Bonchev–Trinajstić information content (AvgIpc) is 3.27. The Morgan fingerprint density at radius 3 is 2.42 bits per heavy atom. The Morgan fingerprint density at radius 2 is 1.79 bits per heavy atom. The lowest BCUT2D eigenvalue weighted by Crippen LogP contribution is -2.36. The van der Waals surface area contributed by atoms with E-state index in [1.165, 1.54) is 0 Å². The Balaban J connectivity index is 1.67. The number of amides is 2. The van der Waals surface area contributed by atoms with Gasteiger partial charge in [0, 0.05) is 19.0 Å². The van der Waals surface area contributed by atoms with Gasteiger partial charge >= 0.3 is 0 Å². The molecule has 1 fully saturated rings. The predicted octanol–water partition coefficient (Wildman–Crippen LogP) is 1.61. The van der Waals surface area contributed by atoms with E-state index in [9.17, 15) is 9.59 Å². The third-order valence-electron chi connectivity index (χ3n) is 2.99. The number of rotatable bonds is 6. The van der Waals surface area contributed by atoms with Crippen molar-refractivity contribution in [2.45, 2.75) is 18.2 Å². The monoisotopic (exact) mass is 280 g/mol. The van der Waals surface area contributed by atoms with Gasteiger partial charge in [0.1, 0.15) is 5.38 Å². The summed E-state index contributed by atoms with van der Waals surface area (Å²) in [6, 6.07) is 9.18. The van der Waals surface area contributed by atoms with Crippen LogP contribution in [-0.2, 0) is 9.59 Å². The van der Waals surface area contributed by atoms with E-state index in [2.05, 4.69) is 10.6 Å². The maximum absolute atomic E-state index is 11.8. The highest BCUT2D eigenvalue weighted by Crippen LogP contribution is 2.28. The van der Waals surface area contributed by atoms with Crippen LogP contribution in [0.4, 0.5) is 0 Å². The largest absolute Gasteiger partial charge is 0.354 e. The molecule has 0 radical (unpaired) electrons. The molecule has 0 heterocycles. The van der Waals surface area contributed by atoms with Crippen LogP contribution in [0, 0.1) is 5.92 Å². The molecule has 2 N–H and O–H groups in total. The number of hydrogen-bond acceptors (Lipinski definition) is 2. The van der Waals surface area contributed by atoms with Crippen molar-refractivity contribution in [2.75, 3.05) is 13.1 Å². The Labute approximate surface area is 117 Å². The first-order valence-corrected chi connectivity index (χ1v) is 6.86. The predicted molar refractivity (Wildman–Crippen MR) is 73.8 cm³/mol. The second kappa shape index (κ2) is 6.57. The van der Waals surface area contributed by atoms with Crippen molar-refractivity contribution in [1.82, 2.24) is 10.6 Å². The van der Waals surface area contributed by atoms with E-state index in [1.807, 2.05) is 30.3 Å². The quantitative estimate of drug-likeness (QED) is 0.614. The highest BCUT2D eigenvalue weighted by Gasteiger charge is 2.29. The van der Waals surface area contributed by atoms with Gasteiger partial charge in [-0.05, 0) is 18.4 Å². The van der Waals surface area contributed by atoms with Crippen molar-refractivity contribution in [1.29, 1.82) is 0 Å². The van der Waals surface area contributed by atoms with E-state index in [0.717, 1.165) is 18.4 Å². The van der Waals surface area contributed by atoms with E-state index in [0.29, 0.717) is 13.1 Å². The first kappa shape index (κ1) is 13.9. The summed E-state index contributed by atoms with van der Waals surface area (Å²) in [7, 11) is 0. The molecular formula is C14H17ClN2O2. The van der Waals surface area contributed by atoms with Crippen LogP contribution in [0.2, 0.25) is 0 Å². The summed E-state index contributed by atoms with van der Waals surface area (Å²) < 4.78 is 0. The molecule has 1 aromatic rings. The molecule has 0 spiro atoms. The minimum Gasteiger partial charge on any atom is -0.354 e. The first-order chi connectivity index (χ1) is 9.18. The molecule has 0 aromatic heterocycles. The van der Waals surface area contributed by atoms with Crippen molar-refractivity contribution in [3.05, 3.63) is 35.9 Å². The molecule has 1 aromatic carbocycles. The van der Waals surface area contributed by atoms with Gasteiger partial charge in [0.05, 0.1) is 0 Å². The third-order valence-corrected chi connectivity index (χ3v) is 3.44. The number of halogens is 1. The lowest BCUT2D eigenvalue weighted by atomic mass is 10.1. The van der Waals surface area contributed by atoms with Gasteiger partial charge in [-0.15, -0.1) is 11.6 Å². The van der Waals surface area contributed by atoms with E-state index in [1.54, 1.807) is 0 Å². The molecule has 1 aliphatic rings. The number of alkyl halides is 1. The van der Waals surface area contributed by atoms with Gasteiger partial charge in [0.15, 0.2) is 0 Å². The molecule has 1 aliphatic carbocycles. The Morgan fingerprint density at radius 1 is 1.16 bits per heavy atom. The summed E-state index contributed by atoms with van der Waals surface area (Å²) in [5.74, 6) is 0.0362. The smallest absolute Gasteiger partial charge is 0.242 e. The minimum atomic E-state index is -0.694. The number of hydrogen-bond donors (Lipinski definition) is 2. The van der Waals surface area contributed by atoms with E-state index in [-0.39, 0.29) is 17.7 Å². The summed E-state index contributed by atoms with van der Waals surface area (Å²) in [4.78, 5) is 23.1. The summed E-state index contributed by atoms with van der Waals surface area (Å²) in [6.07, 6.45) is 1.96. The fourth-order valence-electron chi connectivity index (χ4n) is 1.72. The van der Waals surface area contributed by atoms with Crippen LogP contribution in [-0.4, -0.2) is 24.9 Å². The number of benzene rings is 1. The van der Waals surface area contributed by atoms with Crippen LogP contribution >= 0.6 is 11.6 Å². The van der Waals surface area contributed by atoms with Gasteiger partial charge in [-0.3, -0.25) is 9.59 Å². The molecule has 1 atom stereocenters. The molecular weight excluding hydrogens is 264 g/mol. The van der Waals surface area contributed by atoms with Crippen LogP contribution in [0.25, 0.3) is 0 Å². The molecule has 2 rings (SSSR count). The number of carbonyl (C=O) groups excluding carboxylic acids is 2. The highest BCUT2D eigenvalue weighted by atomic mass is 35.5. The van der Waals surface area contributed by atoms with Crippen LogP contribution in [0.15, 0.2) is 30.3 Å². The second-order valence-corrected chi connectivity index (χ2v) is 5.07. The zero-order chi connectivity index (χ0) is 13.7. The fourth-order valence-corrected chi connectivity index (χ4v) is 1.95. The van der Waals surface area contributed by atoms with Gasteiger partial charge in [-0.2, -0.15) is 0 Å². The van der Waals surface area contributed by atoms with Crippen molar-refractivity contribution >= 4 is 23.4 Å². The molecule has 1 unspecified atom stereocenters. The Hall–Kier alpha value is -1.55. The van der Waals surface area contributed by atoms with Gasteiger partial charge in [0.25, 0.3) is 0 Å². The summed E-state index contributed by atoms with van der Waals surface area (Å²) >= 11 is 6.06. The topological polar surface area (TPSA) is 58.2 Å². The lowest BCUT2D eigenvalue weighted by Gasteiger charge is -2.11. The Bertz CT molecular complexity index is 446. The molecule has 4 nitrogen and oxygen atoms in total. The SMILES string of the molecule is O=C(NCCNC(=O)C(Cl)c1ccccc1)C1CC1. The molecule has 102 valence electrons. The highest BCUT2D eigenvalue weighted by molar-refractivity contribution is 6.30. The van der Waals surface area contributed by atoms with Gasteiger partial charge in [0.2, 0.25) is 11.8 Å². The van der Waals surface area contributed by atoms with Crippen LogP contribution < -0.4 is 10.6 Å². The van der Waals surface area contributed by atoms with Crippen molar-refractivity contribution in [3.63, 3.8) is 0 Å². The van der Waals surface area contributed by atoms with Gasteiger partial charge in [-0.1, -0.05) is 30.3 Å².